The van der Waals surface area contributed by atoms with E-state index in [9.17, 15) is 14.4 Å². The lowest BCUT2D eigenvalue weighted by Crippen LogP contribution is -2.35. The summed E-state index contributed by atoms with van der Waals surface area (Å²) in [6.07, 6.45) is 5.76. The second-order valence-electron chi connectivity index (χ2n) is 7.93. The Balaban J connectivity index is 1.24. The van der Waals surface area contributed by atoms with Crippen LogP contribution in [0.3, 0.4) is 0 Å². The van der Waals surface area contributed by atoms with Crippen molar-refractivity contribution in [1.29, 1.82) is 0 Å². The molecule has 2 heterocycles. The van der Waals surface area contributed by atoms with E-state index in [4.69, 9.17) is 0 Å². The summed E-state index contributed by atoms with van der Waals surface area (Å²) in [6, 6.07) is 17.3. The normalized spacial score (nSPS) is 13.9. The average molecular weight is 418 g/mol. The van der Waals surface area contributed by atoms with Crippen molar-refractivity contribution < 1.29 is 4.79 Å². The Bertz CT molecular complexity index is 1210. The maximum atomic E-state index is 12.5. The minimum absolute atomic E-state index is 0.170. The Morgan fingerprint density at radius 3 is 2.48 bits per heavy atom. The van der Waals surface area contributed by atoms with Gasteiger partial charge in [-0.05, 0) is 42.5 Å². The highest BCUT2D eigenvalue weighted by Crippen LogP contribution is 2.22. The molecule has 31 heavy (non-hydrogen) atoms. The number of carbonyl (C=O) groups is 1. The topological polar surface area (TPSA) is 75.2 Å². The maximum Gasteiger partial charge on any atom is 0.328 e. The predicted octanol–water partition coefficient (Wildman–Crippen LogP) is 3.57. The zero-order valence-electron chi connectivity index (χ0n) is 17.5. The fraction of sp³-hybridized carbons (Fsp3) is 0.320. The minimum atomic E-state index is -0.380. The summed E-state index contributed by atoms with van der Waals surface area (Å²) in [6.45, 7) is 1.77. The van der Waals surface area contributed by atoms with Crippen molar-refractivity contribution in [2.24, 2.45) is 0 Å². The second-order valence-corrected chi connectivity index (χ2v) is 7.93. The molecular weight excluding hydrogens is 390 g/mol. The highest BCUT2D eigenvalue weighted by molar-refractivity contribution is 5.78. The van der Waals surface area contributed by atoms with E-state index in [1.54, 1.807) is 24.3 Å². The number of benzene rings is 2. The number of para-hydroxylation sites is 1. The molecule has 0 spiro atoms. The number of carbonyl (C=O) groups excluding carboxylic acids is 1. The van der Waals surface area contributed by atoms with Crippen LogP contribution in [0.2, 0.25) is 0 Å². The number of nitrogens with zero attached hydrogens (tertiary/aromatic N) is 2. The summed E-state index contributed by atoms with van der Waals surface area (Å²) in [5.74, 6) is 0.170. The molecule has 1 aliphatic heterocycles. The number of aromatic amines is 1. The van der Waals surface area contributed by atoms with Crippen LogP contribution in [-0.2, 0) is 11.3 Å². The van der Waals surface area contributed by atoms with Crippen molar-refractivity contribution in [3.8, 4) is 0 Å². The van der Waals surface area contributed by atoms with E-state index in [1.165, 1.54) is 15.7 Å². The first-order valence-electron chi connectivity index (χ1n) is 10.9. The first-order chi connectivity index (χ1) is 15.1. The molecule has 6 nitrogen and oxygen atoms in total. The van der Waals surface area contributed by atoms with Crippen LogP contribution in [0.25, 0.3) is 16.5 Å². The molecule has 160 valence electrons. The SMILES string of the molecule is O=C(CCCCCn1c(=O)[nH]c2ccccc2c1=O)N1CC=C(c2ccccc2)CC1. The molecule has 1 aliphatic rings. The number of H-pyrrole nitrogens is 1. The number of hydrogen-bond donors (Lipinski definition) is 1. The van der Waals surface area contributed by atoms with Gasteiger partial charge in [-0.3, -0.25) is 14.2 Å². The Morgan fingerprint density at radius 2 is 1.71 bits per heavy atom. The third-order valence-electron chi connectivity index (χ3n) is 5.87. The molecule has 0 unspecified atom stereocenters. The van der Waals surface area contributed by atoms with Crippen molar-refractivity contribution in [3.63, 3.8) is 0 Å². The van der Waals surface area contributed by atoms with Crippen LogP contribution >= 0.6 is 0 Å². The number of rotatable bonds is 7. The van der Waals surface area contributed by atoms with E-state index in [0.29, 0.717) is 36.8 Å². The van der Waals surface area contributed by atoms with E-state index >= 15 is 0 Å². The molecule has 1 N–H and O–H groups in total. The molecule has 2 aromatic carbocycles. The van der Waals surface area contributed by atoms with Gasteiger partial charge in [0, 0.05) is 26.1 Å². The first kappa shape index (κ1) is 20.8. The molecule has 0 atom stereocenters. The van der Waals surface area contributed by atoms with Gasteiger partial charge in [0.25, 0.3) is 5.56 Å². The number of amides is 1. The van der Waals surface area contributed by atoms with Crippen molar-refractivity contribution >= 4 is 22.4 Å². The highest BCUT2D eigenvalue weighted by atomic mass is 16.2. The molecule has 0 aliphatic carbocycles. The summed E-state index contributed by atoms with van der Waals surface area (Å²) in [5, 5.41) is 0.519. The van der Waals surface area contributed by atoms with Crippen LogP contribution in [0.1, 0.15) is 37.7 Å². The molecule has 4 rings (SSSR count). The Morgan fingerprint density at radius 1 is 0.935 bits per heavy atom. The lowest BCUT2D eigenvalue weighted by Gasteiger charge is -2.26. The van der Waals surface area contributed by atoms with Crippen LogP contribution < -0.4 is 11.2 Å². The number of nitrogens with one attached hydrogen (secondary N) is 1. The Kier molecular flexibility index (Phi) is 6.46. The standard InChI is InChI=1S/C25H27N3O3/c29-23(27-17-14-20(15-18-27)19-9-3-1-4-10-19)13-5-2-8-16-28-24(30)21-11-6-7-12-22(21)26-25(28)31/h1,3-4,6-7,9-12,14H,2,5,8,13,15-18H2,(H,26,31). The molecule has 0 saturated heterocycles. The van der Waals surface area contributed by atoms with Gasteiger partial charge in [0.2, 0.25) is 5.91 Å². The molecule has 1 amide bonds. The summed E-state index contributed by atoms with van der Waals surface area (Å²) >= 11 is 0. The number of fused-ring (bicyclic) bond motifs is 1. The number of aromatic nitrogens is 2. The lowest BCUT2D eigenvalue weighted by atomic mass is 9.99. The summed E-state index contributed by atoms with van der Waals surface area (Å²) < 4.78 is 1.25. The van der Waals surface area contributed by atoms with Gasteiger partial charge in [-0.2, -0.15) is 0 Å². The van der Waals surface area contributed by atoms with Crippen molar-refractivity contribution in [1.82, 2.24) is 14.5 Å². The molecule has 1 aromatic heterocycles. The summed E-state index contributed by atoms with van der Waals surface area (Å²) in [4.78, 5) is 41.9. The Hall–Kier alpha value is -3.41. The minimum Gasteiger partial charge on any atom is -0.339 e. The van der Waals surface area contributed by atoms with Crippen LogP contribution in [-0.4, -0.2) is 33.4 Å². The quantitative estimate of drug-likeness (QED) is 0.597. The number of hydrogen-bond acceptors (Lipinski definition) is 3. The van der Waals surface area contributed by atoms with Crippen molar-refractivity contribution in [3.05, 3.63) is 87.1 Å². The van der Waals surface area contributed by atoms with E-state index in [0.717, 1.165) is 25.8 Å². The van der Waals surface area contributed by atoms with Crippen LogP contribution in [0.15, 0.2) is 70.3 Å². The molecule has 0 saturated carbocycles. The fourth-order valence-corrected chi connectivity index (χ4v) is 4.09. The van der Waals surface area contributed by atoms with Gasteiger partial charge < -0.3 is 9.88 Å². The summed E-state index contributed by atoms with van der Waals surface area (Å²) in [7, 11) is 0. The fourth-order valence-electron chi connectivity index (χ4n) is 4.09. The van der Waals surface area contributed by atoms with Gasteiger partial charge in [0.05, 0.1) is 10.9 Å². The Labute approximate surface area is 180 Å². The van der Waals surface area contributed by atoms with E-state index in [1.807, 2.05) is 23.1 Å². The molecule has 0 bridgehead atoms. The van der Waals surface area contributed by atoms with Crippen molar-refractivity contribution in [2.45, 2.75) is 38.6 Å². The maximum absolute atomic E-state index is 12.5. The van der Waals surface area contributed by atoms with E-state index < -0.39 is 0 Å². The zero-order valence-corrected chi connectivity index (χ0v) is 17.5. The van der Waals surface area contributed by atoms with Gasteiger partial charge in [-0.25, -0.2) is 4.79 Å². The van der Waals surface area contributed by atoms with Gasteiger partial charge in [0.1, 0.15) is 0 Å². The lowest BCUT2D eigenvalue weighted by molar-refractivity contribution is -0.130. The van der Waals surface area contributed by atoms with Gasteiger partial charge >= 0.3 is 5.69 Å². The molecular formula is C25H27N3O3. The number of unbranched alkanes of at least 4 members (excludes halogenated alkanes) is 2. The zero-order chi connectivity index (χ0) is 21.6. The van der Waals surface area contributed by atoms with Gasteiger partial charge in [-0.15, -0.1) is 0 Å². The third kappa shape index (κ3) is 4.85. The van der Waals surface area contributed by atoms with Gasteiger partial charge in [-0.1, -0.05) is 55.0 Å². The first-order valence-corrected chi connectivity index (χ1v) is 10.9. The monoisotopic (exact) mass is 417 g/mol. The smallest absolute Gasteiger partial charge is 0.328 e. The van der Waals surface area contributed by atoms with E-state index in [2.05, 4.69) is 23.2 Å². The molecule has 0 fully saturated rings. The van der Waals surface area contributed by atoms with Crippen molar-refractivity contribution in [2.75, 3.05) is 13.1 Å². The predicted molar refractivity (Wildman–Crippen MR) is 123 cm³/mol. The van der Waals surface area contributed by atoms with Gasteiger partial charge in [0.15, 0.2) is 0 Å². The highest BCUT2D eigenvalue weighted by Gasteiger charge is 2.17. The largest absolute Gasteiger partial charge is 0.339 e. The van der Waals surface area contributed by atoms with Crippen LogP contribution in [0, 0.1) is 0 Å². The molecule has 3 aromatic rings. The van der Waals surface area contributed by atoms with Crippen LogP contribution in [0.5, 0.6) is 0 Å². The summed E-state index contributed by atoms with van der Waals surface area (Å²) in [5.41, 5.74) is 2.45. The second kappa shape index (κ2) is 9.60. The van der Waals surface area contributed by atoms with Crippen LogP contribution in [0.4, 0.5) is 0 Å². The third-order valence-corrected chi connectivity index (χ3v) is 5.87. The molecule has 6 heteroatoms. The average Bonchev–Trinajstić information content (AvgIpc) is 2.81. The van der Waals surface area contributed by atoms with E-state index in [-0.39, 0.29) is 17.2 Å². The molecule has 0 radical (unpaired) electrons.